The number of nitrogens with zero attached hydrogens (tertiary/aromatic N) is 1. The molecule has 29 heavy (non-hydrogen) atoms. The van der Waals surface area contributed by atoms with E-state index in [1.165, 1.54) is 17.9 Å². The van der Waals surface area contributed by atoms with Crippen LogP contribution in [0.1, 0.15) is 41.5 Å². The topological polar surface area (TPSA) is 74.3 Å². The number of carbonyl (C=O) groups is 1. The lowest BCUT2D eigenvalue weighted by Crippen LogP contribution is -2.32. The summed E-state index contributed by atoms with van der Waals surface area (Å²) in [6, 6.07) is 13.9. The molecule has 2 heterocycles. The van der Waals surface area contributed by atoms with Crippen LogP contribution in [0.15, 0.2) is 52.3 Å². The number of hydrogen-bond donors (Lipinski definition) is 1. The van der Waals surface area contributed by atoms with Crippen molar-refractivity contribution in [2.24, 2.45) is 0 Å². The lowest BCUT2D eigenvalue weighted by atomic mass is 9.93. The molecule has 3 aromatic rings. The van der Waals surface area contributed by atoms with Crippen molar-refractivity contribution in [3.05, 3.63) is 69.5 Å². The maximum Gasteiger partial charge on any atom is 0.329 e. The van der Waals surface area contributed by atoms with Crippen LogP contribution in [0.5, 0.6) is 0 Å². The second kappa shape index (κ2) is 6.95. The molecule has 1 unspecified atom stereocenters. The number of pyridine rings is 1. The highest BCUT2D eigenvalue weighted by molar-refractivity contribution is 7.99. The van der Waals surface area contributed by atoms with Gasteiger partial charge in [0.1, 0.15) is 11.7 Å². The molecule has 148 valence electrons. The number of hydrogen-bond acceptors (Lipinski definition) is 5. The molecule has 2 N–H and O–H groups in total. The fourth-order valence-electron chi connectivity index (χ4n) is 4.35. The predicted octanol–water partition coefficient (Wildman–Crippen LogP) is 3.87. The van der Waals surface area contributed by atoms with Crippen LogP contribution in [-0.4, -0.2) is 23.4 Å². The minimum absolute atomic E-state index is 0.264. The standard InChI is InChI=1S/C23H22N2O3S/c1-28-23(27)18-12-29-22-19(14-9-10-14)17(20(24)21(26)25(18)22)11-15-7-4-6-13-5-2-3-8-16(13)15/h2-8,14,18H,9-12,24H2,1H3. The summed E-state index contributed by atoms with van der Waals surface area (Å²) in [5.74, 6) is 0.535. The Morgan fingerprint density at radius 2 is 1.97 bits per heavy atom. The van der Waals surface area contributed by atoms with Crippen molar-refractivity contribution >= 4 is 34.2 Å². The third-order valence-corrected chi connectivity index (χ3v) is 7.12. The third kappa shape index (κ3) is 2.94. The zero-order chi connectivity index (χ0) is 20.1. The minimum Gasteiger partial charge on any atom is -0.467 e. The first-order chi connectivity index (χ1) is 14.1. The van der Waals surface area contributed by atoms with Gasteiger partial charge in [-0.2, -0.15) is 0 Å². The quantitative estimate of drug-likeness (QED) is 0.666. The van der Waals surface area contributed by atoms with Crippen LogP contribution < -0.4 is 11.3 Å². The second-order valence-electron chi connectivity index (χ2n) is 7.73. The van der Waals surface area contributed by atoms with Gasteiger partial charge in [0.05, 0.1) is 12.1 Å². The summed E-state index contributed by atoms with van der Waals surface area (Å²) in [4.78, 5) is 25.4. The number of fused-ring (bicyclic) bond motifs is 2. The molecule has 1 saturated carbocycles. The average Bonchev–Trinajstić information content (AvgIpc) is 3.49. The highest BCUT2D eigenvalue weighted by Gasteiger charge is 2.39. The van der Waals surface area contributed by atoms with Gasteiger partial charge in [0.15, 0.2) is 0 Å². The molecule has 1 aliphatic heterocycles. The molecule has 0 bridgehead atoms. The van der Waals surface area contributed by atoms with E-state index in [1.54, 1.807) is 16.3 Å². The van der Waals surface area contributed by atoms with Gasteiger partial charge in [-0.1, -0.05) is 42.5 Å². The molecule has 0 amide bonds. The molecule has 5 rings (SSSR count). The number of esters is 1. The summed E-state index contributed by atoms with van der Waals surface area (Å²) < 4.78 is 6.50. The summed E-state index contributed by atoms with van der Waals surface area (Å²) in [6.07, 6.45) is 2.80. The molecule has 0 saturated heterocycles. The molecule has 6 heteroatoms. The van der Waals surface area contributed by atoms with Gasteiger partial charge in [-0.05, 0) is 46.2 Å². The third-order valence-electron chi connectivity index (χ3n) is 5.94. The van der Waals surface area contributed by atoms with Crippen molar-refractivity contribution in [1.29, 1.82) is 0 Å². The van der Waals surface area contributed by atoms with Crippen LogP contribution in [-0.2, 0) is 16.0 Å². The highest BCUT2D eigenvalue weighted by Crippen LogP contribution is 2.49. The lowest BCUT2D eigenvalue weighted by Gasteiger charge is -2.19. The zero-order valence-electron chi connectivity index (χ0n) is 16.2. The number of anilines is 1. The van der Waals surface area contributed by atoms with Gasteiger partial charge in [0, 0.05) is 12.2 Å². The van der Waals surface area contributed by atoms with E-state index in [-0.39, 0.29) is 17.2 Å². The SMILES string of the molecule is COC(=O)C1CSc2c(C3CC3)c(Cc3cccc4ccccc34)c(N)c(=O)n21. The van der Waals surface area contributed by atoms with E-state index >= 15 is 0 Å². The van der Waals surface area contributed by atoms with E-state index in [1.807, 2.05) is 18.2 Å². The first-order valence-electron chi connectivity index (χ1n) is 9.84. The van der Waals surface area contributed by atoms with Crippen molar-refractivity contribution < 1.29 is 9.53 Å². The molecule has 1 aliphatic carbocycles. The number of methoxy groups -OCH3 is 1. The predicted molar refractivity (Wildman–Crippen MR) is 116 cm³/mol. The van der Waals surface area contributed by atoms with Gasteiger partial charge < -0.3 is 10.5 Å². The maximum atomic E-state index is 13.2. The minimum atomic E-state index is -0.598. The Kier molecular flexibility index (Phi) is 4.39. The Labute approximate surface area is 172 Å². The van der Waals surface area contributed by atoms with E-state index in [2.05, 4.69) is 24.3 Å². The van der Waals surface area contributed by atoms with Gasteiger partial charge in [0.2, 0.25) is 0 Å². The first-order valence-corrected chi connectivity index (χ1v) is 10.8. The van der Waals surface area contributed by atoms with Crippen LogP contribution in [0.4, 0.5) is 5.69 Å². The van der Waals surface area contributed by atoms with E-state index in [9.17, 15) is 9.59 Å². The molecular formula is C23H22N2O3S. The Balaban J connectivity index is 1.69. The van der Waals surface area contributed by atoms with E-state index in [0.717, 1.165) is 34.6 Å². The Bertz CT molecular complexity index is 1190. The first kappa shape index (κ1) is 18.3. The zero-order valence-corrected chi connectivity index (χ0v) is 17.0. The summed E-state index contributed by atoms with van der Waals surface area (Å²) in [7, 11) is 1.36. The lowest BCUT2D eigenvalue weighted by molar-refractivity contribution is -0.143. The molecule has 1 fully saturated rings. The smallest absolute Gasteiger partial charge is 0.329 e. The molecule has 0 spiro atoms. The number of ether oxygens (including phenoxy) is 1. The van der Waals surface area contributed by atoms with Gasteiger partial charge in [-0.3, -0.25) is 9.36 Å². The fourth-order valence-corrected chi connectivity index (χ4v) is 5.74. The van der Waals surface area contributed by atoms with Crippen LogP contribution in [0.25, 0.3) is 10.8 Å². The molecule has 5 nitrogen and oxygen atoms in total. The van der Waals surface area contributed by atoms with Gasteiger partial charge >= 0.3 is 5.97 Å². The van der Waals surface area contributed by atoms with Gasteiger partial charge in [0.25, 0.3) is 5.56 Å². The number of nitrogens with two attached hydrogens (primary N) is 1. The number of nitrogen functional groups attached to an aromatic ring is 1. The van der Waals surface area contributed by atoms with E-state index in [4.69, 9.17) is 10.5 Å². The molecule has 1 aromatic heterocycles. The van der Waals surface area contributed by atoms with Crippen LogP contribution in [0.2, 0.25) is 0 Å². The second-order valence-corrected chi connectivity index (χ2v) is 8.73. The molecular weight excluding hydrogens is 384 g/mol. The van der Waals surface area contributed by atoms with Crippen molar-refractivity contribution in [3.63, 3.8) is 0 Å². The Morgan fingerprint density at radius 1 is 1.21 bits per heavy atom. The van der Waals surface area contributed by atoms with Crippen molar-refractivity contribution in [2.45, 2.75) is 36.2 Å². The van der Waals surface area contributed by atoms with Crippen molar-refractivity contribution in [1.82, 2.24) is 4.57 Å². The van der Waals surface area contributed by atoms with Crippen LogP contribution >= 0.6 is 11.8 Å². The number of thioether (sulfide) groups is 1. The maximum absolute atomic E-state index is 13.2. The largest absolute Gasteiger partial charge is 0.467 e. The number of benzene rings is 2. The molecule has 2 aliphatic rings. The van der Waals surface area contributed by atoms with Gasteiger partial charge in [-0.25, -0.2) is 4.79 Å². The number of carbonyl (C=O) groups excluding carboxylic acids is 1. The van der Waals surface area contributed by atoms with Gasteiger partial charge in [-0.15, -0.1) is 11.8 Å². The highest BCUT2D eigenvalue weighted by atomic mass is 32.2. The summed E-state index contributed by atoms with van der Waals surface area (Å²) in [5.41, 5.74) is 9.66. The van der Waals surface area contributed by atoms with Crippen LogP contribution in [0, 0.1) is 0 Å². The van der Waals surface area contributed by atoms with E-state index < -0.39 is 6.04 Å². The monoisotopic (exact) mass is 406 g/mol. The molecule has 1 atom stereocenters. The average molecular weight is 407 g/mol. The Hall–Kier alpha value is -2.73. The summed E-state index contributed by atoms with van der Waals surface area (Å²) >= 11 is 1.57. The molecule has 2 aromatic carbocycles. The van der Waals surface area contributed by atoms with E-state index in [0.29, 0.717) is 18.1 Å². The molecule has 0 radical (unpaired) electrons. The van der Waals surface area contributed by atoms with Crippen molar-refractivity contribution in [3.8, 4) is 0 Å². The number of aromatic nitrogens is 1. The van der Waals surface area contributed by atoms with Crippen LogP contribution in [0.3, 0.4) is 0 Å². The van der Waals surface area contributed by atoms with Crippen molar-refractivity contribution in [2.75, 3.05) is 18.6 Å². The summed E-state index contributed by atoms with van der Waals surface area (Å²) in [5, 5.41) is 3.25. The number of rotatable bonds is 4. The Morgan fingerprint density at radius 3 is 2.72 bits per heavy atom. The summed E-state index contributed by atoms with van der Waals surface area (Å²) in [6.45, 7) is 0. The fraction of sp³-hybridized carbons (Fsp3) is 0.304. The normalized spacial score (nSPS) is 18.0.